The molecule has 0 saturated carbocycles. The minimum Gasteiger partial charge on any atom is -0.391 e. The van der Waals surface area contributed by atoms with Crippen LogP contribution >= 0.6 is 0 Å². The van der Waals surface area contributed by atoms with Crippen LogP contribution in [0.2, 0.25) is 0 Å². The van der Waals surface area contributed by atoms with Crippen LogP contribution in [0, 0.1) is 0 Å². The number of hydrogen-bond donors (Lipinski definition) is 12. The number of unbranched alkanes of at least 4 members (excludes halogenated alkanes) is 2. The molecule has 16 N–H and O–H groups in total. The van der Waals surface area contributed by atoms with Crippen molar-refractivity contribution in [2.75, 3.05) is 13.1 Å². The smallest absolute Gasteiger partial charge is 0.243 e. The van der Waals surface area contributed by atoms with Crippen LogP contribution in [0.15, 0.2) is 121 Å². The van der Waals surface area contributed by atoms with Crippen molar-refractivity contribution >= 4 is 58.0 Å². The van der Waals surface area contributed by atoms with E-state index in [0.29, 0.717) is 55.5 Å². The number of aromatic amines is 1. The number of Topliss-reactive ketones (excluding diaryl/α,β-unsaturated/α-hetero) is 1. The standard InChI is InChI=1S/C55H71N11O9/c1-34(67)48(49(69)37-21-9-4-10-22-37)66-51(71)42(26-14-16-28-57)61-54(74)45(31-38-33-60-41-25-12-11-23-39(38)41)65-53(73)44(30-36-19-7-3-8-20-36)63-52(72)43(29-35-17-5-2-6-18-35)64-55(75)46(32-47(59)68)62-50(70)40(58)24-13-15-27-56/h2-12,17-23,25,33-34,40,42-46,48,60,67H,13-16,24,26-32,56-58H2,1H3,(H2,59,68)(H,61,74)(H,62,70)(H,63,72)(H,64,75)(H,65,73)(H,66,71)/t34-,40+,42+,43+,44+,45+,46+,48+/m1/s1. The van der Waals surface area contributed by atoms with E-state index in [1.807, 2.05) is 24.3 Å². The van der Waals surface area contributed by atoms with Gasteiger partial charge in [0.1, 0.15) is 36.3 Å². The molecule has 0 bridgehead atoms. The SMILES string of the molecule is C[C@@H](O)[C@H](NC(=O)[C@H](CCCCN)NC(=O)[C@H](Cc1c[nH]c2ccccc12)NC(=O)[C@H](Cc1ccccc1)NC(=O)[C@H](Cc1ccccc1)NC(=O)[C@H](CC(N)=O)NC(=O)[C@@H](N)CCCCN)C(=O)c1ccccc1. The fourth-order valence-corrected chi connectivity index (χ4v) is 8.47. The van der Waals surface area contributed by atoms with Gasteiger partial charge >= 0.3 is 0 Å². The molecule has 20 nitrogen and oxygen atoms in total. The molecule has 0 aliphatic carbocycles. The molecule has 0 aliphatic rings. The lowest BCUT2D eigenvalue weighted by Gasteiger charge is -2.28. The Kier molecular flexibility index (Phi) is 23.1. The Morgan fingerprint density at radius 2 is 0.960 bits per heavy atom. The van der Waals surface area contributed by atoms with Gasteiger partial charge in [-0.25, -0.2) is 0 Å². The normalized spacial score (nSPS) is 14.4. The van der Waals surface area contributed by atoms with Gasteiger partial charge in [-0.05, 0) is 74.9 Å². The van der Waals surface area contributed by atoms with Crippen LogP contribution in [0.4, 0.5) is 0 Å². The lowest BCUT2D eigenvalue weighted by atomic mass is 9.99. The van der Waals surface area contributed by atoms with E-state index in [4.69, 9.17) is 22.9 Å². The van der Waals surface area contributed by atoms with Crippen LogP contribution in [0.25, 0.3) is 10.9 Å². The van der Waals surface area contributed by atoms with Crippen LogP contribution in [0.1, 0.15) is 78.9 Å². The zero-order valence-electron chi connectivity index (χ0n) is 42.2. The Bertz CT molecular complexity index is 2670. The van der Waals surface area contributed by atoms with Crippen LogP contribution < -0.4 is 54.8 Å². The van der Waals surface area contributed by atoms with E-state index in [0.717, 1.165) is 10.9 Å². The number of aromatic nitrogens is 1. The highest BCUT2D eigenvalue weighted by Crippen LogP contribution is 2.20. The molecule has 7 amide bonds. The van der Waals surface area contributed by atoms with Crippen molar-refractivity contribution in [3.8, 4) is 0 Å². The second kappa shape index (κ2) is 29.8. The first-order valence-electron chi connectivity index (χ1n) is 25.2. The van der Waals surface area contributed by atoms with Gasteiger partial charge in [0.05, 0.1) is 18.6 Å². The number of nitrogens with one attached hydrogen (secondary N) is 7. The fraction of sp³-hybridized carbons (Fsp3) is 0.382. The monoisotopic (exact) mass is 1030 g/mol. The highest BCUT2D eigenvalue weighted by Gasteiger charge is 2.35. The number of ketones is 1. The Morgan fingerprint density at radius 3 is 1.48 bits per heavy atom. The summed E-state index contributed by atoms with van der Waals surface area (Å²) >= 11 is 0. The molecule has 20 heteroatoms. The molecule has 5 rings (SSSR count). The highest BCUT2D eigenvalue weighted by atomic mass is 16.3. The number of hydrogen-bond acceptors (Lipinski definition) is 12. The third kappa shape index (κ3) is 18.3. The molecule has 400 valence electrons. The van der Waals surface area contributed by atoms with Gasteiger partial charge < -0.3 is 64.9 Å². The molecule has 8 atom stereocenters. The van der Waals surface area contributed by atoms with E-state index in [2.05, 4.69) is 36.9 Å². The average molecular weight is 1030 g/mol. The summed E-state index contributed by atoms with van der Waals surface area (Å²) in [5.41, 5.74) is 25.9. The zero-order chi connectivity index (χ0) is 54.3. The number of primary amides is 1. The summed E-state index contributed by atoms with van der Waals surface area (Å²) < 4.78 is 0. The number of carbonyl (C=O) groups excluding carboxylic acids is 8. The van der Waals surface area contributed by atoms with Crippen molar-refractivity contribution in [3.63, 3.8) is 0 Å². The fourth-order valence-electron chi connectivity index (χ4n) is 8.47. The molecular formula is C55H71N11O9. The Hall–Kier alpha value is -7.78. The maximum atomic E-state index is 14.9. The topological polar surface area (TPSA) is 349 Å². The van der Waals surface area contributed by atoms with Crippen LogP contribution in [-0.2, 0) is 52.8 Å². The van der Waals surface area contributed by atoms with Crippen LogP contribution in [-0.4, -0.2) is 119 Å². The first-order chi connectivity index (χ1) is 36.1. The molecule has 0 unspecified atom stereocenters. The van der Waals surface area contributed by atoms with Gasteiger partial charge in [0.25, 0.3) is 0 Å². The summed E-state index contributed by atoms with van der Waals surface area (Å²) in [7, 11) is 0. The van der Waals surface area contributed by atoms with E-state index < -0.39 is 102 Å². The number of fused-ring (bicyclic) bond motifs is 1. The minimum absolute atomic E-state index is 0.0847. The van der Waals surface area contributed by atoms with Crippen LogP contribution in [0.3, 0.4) is 0 Å². The number of aliphatic hydroxyl groups is 1. The number of aliphatic hydroxyl groups excluding tert-OH is 1. The van der Waals surface area contributed by atoms with E-state index in [-0.39, 0.29) is 37.7 Å². The molecule has 75 heavy (non-hydrogen) atoms. The number of carbonyl (C=O) groups is 8. The van der Waals surface area contributed by atoms with Gasteiger partial charge in [0, 0.05) is 41.9 Å². The maximum absolute atomic E-state index is 14.9. The van der Waals surface area contributed by atoms with E-state index >= 15 is 0 Å². The Labute approximate surface area is 436 Å². The van der Waals surface area contributed by atoms with Gasteiger partial charge in [0.15, 0.2) is 5.78 Å². The summed E-state index contributed by atoms with van der Waals surface area (Å²) in [5.74, 6) is -6.23. The quantitative estimate of drug-likeness (QED) is 0.0217. The summed E-state index contributed by atoms with van der Waals surface area (Å²) in [4.78, 5) is 115. The van der Waals surface area contributed by atoms with Gasteiger partial charge in [0.2, 0.25) is 41.4 Å². The number of para-hydroxylation sites is 1. The zero-order valence-corrected chi connectivity index (χ0v) is 42.2. The number of rotatable bonds is 31. The van der Waals surface area contributed by atoms with Crippen molar-refractivity contribution in [1.82, 2.24) is 36.9 Å². The third-order valence-corrected chi connectivity index (χ3v) is 12.6. The minimum atomic E-state index is -1.52. The largest absolute Gasteiger partial charge is 0.391 e. The van der Waals surface area contributed by atoms with E-state index in [1.165, 1.54) is 6.92 Å². The predicted octanol–water partition coefficient (Wildman–Crippen LogP) is 0.829. The molecule has 0 aliphatic heterocycles. The Morgan fingerprint density at radius 1 is 0.520 bits per heavy atom. The number of H-pyrrole nitrogens is 1. The van der Waals surface area contributed by atoms with Crippen molar-refractivity contribution in [3.05, 3.63) is 144 Å². The second-order valence-electron chi connectivity index (χ2n) is 18.6. The summed E-state index contributed by atoms with van der Waals surface area (Å²) in [6.45, 7) is 2.06. The Balaban J connectivity index is 1.46. The van der Waals surface area contributed by atoms with E-state index in [1.54, 1.807) is 97.2 Å². The predicted molar refractivity (Wildman–Crippen MR) is 284 cm³/mol. The first-order valence-corrected chi connectivity index (χ1v) is 25.2. The molecular weight excluding hydrogens is 959 g/mol. The molecule has 0 saturated heterocycles. The van der Waals surface area contributed by atoms with Gasteiger partial charge in [-0.15, -0.1) is 0 Å². The molecule has 1 heterocycles. The summed E-state index contributed by atoms with van der Waals surface area (Å²) in [6.07, 6.45) is 1.88. The van der Waals surface area contributed by atoms with Gasteiger partial charge in [-0.3, -0.25) is 38.4 Å². The lowest BCUT2D eigenvalue weighted by molar-refractivity contribution is -0.135. The van der Waals surface area contributed by atoms with Crippen LogP contribution in [0.5, 0.6) is 0 Å². The van der Waals surface area contributed by atoms with E-state index in [9.17, 15) is 43.5 Å². The maximum Gasteiger partial charge on any atom is 0.243 e. The van der Waals surface area contributed by atoms with Crippen molar-refractivity contribution in [2.24, 2.45) is 22.9 Å². The summed E-state index contributed by atoms with van der Waals surface area (Å²) in [6, 6.07) is 23.6. The molecule has 0 fully saturated rings. The van der Waals surface area contributed by atoms with Crippen molar-refractivity contribution in [1.29, 1.82) is 0 Å². The van der Waals surface area contributed by atoms with Gasteiger partial charge in [-0.2, -0.15) is 0 Å². The molecule has 5 aromatic rings. The highest BCUT2D eigenvalue weighted by molar-refractivity contribution is 6.03. The summed E-state index contributed by atoms with van der Waals surface area (Å²) in [5, 5.41) is 27.7. The van der Waals surface area contributed by atoms with Gasteiger partial charge in [-0.1, -0.05) is 116 Å². The van der Waals surface area contributed by atoms with Crippen molar-refractivity contribution in [2.45, 2.75) is 120 Å². The molecule has 0 spiro atoms. The molecule has 1 aromatic heterocycles. The second-order valence-corrected chi connectivity index (χ2v) is 18.6. The number of benzene rings is 4. The first kappa shape index (κ1) is 58.1. The average Bonchev–Trinajstić information content (AvgIpc) is 3.81. The van der Waals surface area contributed by atoms with Crippen molar-refractivity contribution < 1.29 is 43.5 Å². The molecule has 0 radical (unpaired) electrons. The third-order valence-electron chi connectivity index (χ3n) is 12.6. The molecule has 4 aromatic carbocycles. The number of amides is 7. The number of nitrogens with two attached hydrogens (primary N) is 4. The lowest BCUT2D eigenvalue weighted by Crippen LogP contribution is -2.61.